The van der Waals surface area contributed by atoms with Crippen LogP contribution in [0.2, 0.25) is 0 Å². The summed E-state index contributed by atoms with van der Waals surface area (Å²) < 4.78 is 41.4. The minimum Gasteiger partial charge on any atom is -0.319 e. The highest BCUT2D eigenvalue weighted by Crippen LogP contribution is 2.33. The maximum Gasteiger partial charge on any atom is 0.416 e. The van der Waals surface area contributed by atoms with Gasteiger partial charge in [0.1, 0.15) is 0 Å². The standard InChI is InChI=1S/C16H10Br2F3N3OS/c17-12-5-13(26-14(12)18)15(25)23-11-6-22-24(8-11)7-9-2-1-3-10(4-9)16(19,20)21/h1-6,8H,7H2,(H,23,25). The maximum atomic E-state index is 12.8. The Morgan fingerprint density at radius 3 is 2.69 bits per heavy atom. The number of rotatable bonds is 4. The highest BCUT2D eigenvalue weighted by molar-refractivity contribution is 9.13. The molecule has 2 heterocycles. The lowest BCUT2D eigenvalue weighted by Gasteiger charge is -2.08. The molecule has 26 heavy (non-hydrogen) atoms. The van der Waals surface area contributed by atoms with Crippen LogP contribution >= 0.6 is 43.2 Å². The number of alkyl halides is 3. The molecule has 0 saturated carbocycles. The number of benzene rings is 1. The van der Waals surface area contributed by atoms with Crippen LogP contribution in [0.25, 0.3) is 0 Å². The fourth-order valence-electron chi connectivity index (χ4n) is 2.20. The van der Waals surface area contributed by atoms with Gasteiger partial charge in [0.15, 0.2) is 0 Å². The zero-order valence-electron chi connectivity index (χ0n) is 12.8. The lowest BCUT2D eigenvalue weighted by Crippen LogP contribution is -2.09. The van der Waals surface area contributed by atoms with E-state index in [0.717, 1.165) is 20.4 Å². The quantitative estimate of drug-likeness (QED) is 0.485. The summed E-state index contributed by atoms with van der Waals surface area (Å²) in [5, 5.41) is 6.79. The van der Waals surface area contributed by atoms with E-state index in [4.69, 9.17) is 0 Å². The Morgan fingerprint density at radius 1 is 1.27 bits per heavy atom. The van der Waals surface area contributed by atoms with Crippen molar-refractivity contribution in [1.29, 1.82) is 0 Å². The molecule has 2 aromatic heterocycles. The molecular weight excluding hydrogens is 499 g/mol. The molecule has 0 bridgehead atoms. The van der Waals surface area contributed by atoms with E-state index >= 15 is 0 Å². The summed E-state index contributed by atoms with van der Waals surface area (Å²) in [6.45, 7) is 0.163. The molecule has 136 valence electrons. The fourth-order valence-corrected chi connectivity index (χ4v) is 4.13. The molecule has 0 aliphatic heterocycles. The molecule has 4 nitrogen and oxygen atoms in total. The SMILES string of the molecule is O=C(Nc1cnn(Cc2cccc(C(F)(F)F)c2)c1)c1cc(Br)c(Br)s1. The van der Waals surface area contributed by atoms with Gasteiger partial charge in [0.25, 0.3) is 5.91 Å². The average Bonchev–Trinajstić information content (AvgIpc) is 3.14. The highest BCUT2D eigenvalue weighted by Gasteiger charge is 2.30. The number of nitrogens with zero attached hydrogens (tertiary/aromatic N) is 2. The first kappa shape index (κ1) is 19.1. The predicted molar refractivity (Wildman–Crippen MR) is 100 cm³/mol. The second-order valence-corrected chi connectivity index (χ2v) is 8.54. The van der Waals surface area contributed by atoms with Crippen LogP contribution in [0.3, 0.4) is 0 Å². The van der Waals surface area contributed by atoms with Crippen LogP contribution in [0.15, 0.2) is 51.0 Å². The number of hydrogen-bond donors (Lipinski definition) is 1. The van der Waals surface area contributed by atoms with Gasteiger partial charge in [-0.2, -0.15) is 18.3 Å². The zero-order chi connectivity index (χ0) is 18.9. The topological polar surface area (TPSA) is 46.9 Å². The van der Waals surface area contributed by atoms with Crippen molar-refractivity contribution in [2.45, 2.75) is 12.7 Å². The number of thiophene rings is 1. The Bertz CT molecular complexity index is 933. The number of hydrogen-bond acceptors (Lipinski definition) is 3. The summed E-state index contributed by atoms with van der Waals surface area (Å²) in [5.74, 6) is -0.292. The van der Waals surface area contributed by atoms with E-state index in [1.807, 2.05) is 0 Å². The first-order valence-corrected chi connectivity index (χ1v) is 9.57. The third-order valence-electron chi connectivity index (χ3n) is 3.36. The molecule has 0 spiro atoms. The molecule has 1 N–H and O–H groups in total. The summed E-state index contributed by atoms with van der Waals surface area (Å²) >= 11 is 7.92. The van der Waals surface area contributed by atoms with Crippen LogP contribution in [0.4, 0.5) is 18.9 Å². The third kappa shape index (κ3) is 4.54. The van der Waals surface area contributed by atoms with Crippen LogP contribution in [0.1, 0.15) is 20.8 Å². The minimum atomic E-state index is -4.39. The van der Waals surface area contributed by atoms with Crippen molar-refractivity contribution in [3.05, 3.63) is 67.0 Å². The average molecular weight is 509 g/mol. The largest absolute Gasteiger partial charge is 0.416 e. The van der Waals surface area contributed by atoms with Gasteiger partial charge in [0, 0.05) is 10.7 Å². The van der Waals surface area contributed by atoms with Crippen molar-refractivity contribution in [1.82, 2.24) is 9.78 Å². The summed E-state index contributed by atoms with van der Waals surface area (Å²) in [6, 6.07) is 6.75. The van der Waals surface area contributed by atoms with Crippen LogP contribution in [-0.4, -0.2) is 15.7 Å². The Balaban J connectivity index is 1.69. The molecule has 0 atom stereocenters. The van der Waals surface area contributed by atoms with Crippen molar-refractivity contribution in [3.8, 4) is 0 Å². The Labute approximate surface area is 167 Å². The molecule has 0 aliphatic carbocycles. The van der Waals surface area contributed by atoms with E-state index in [-0.39, 0.29) is 12.5 Å². The maximum absolute atomic E-state index is 12.8. The number of carbonyl (C=O) groups is 1. The van der Waals surface area contributed by atoms with Gasteiger partial charge in [-0.05, 0) is 55.6 Å². The van der Waals surface area contributed by atoms with Crippen molar-refractivity contribution in [2.75, 3.05) is 5.32 Å². The van der Waals surface area contributed by atoms with E-state index in [1.165, 1.54) is 28.3 Å². The van der Waals surface area contributed by atoms with Crippen molar-refractivity contribution in [2.24, 2.45) is 0 Å². The number of carbonyl (C=O) groups excluding carboxylic acids is 1. The van der Waals surface area contributed by atoms with E-state index in [2.05, 4.69) is 42.3 Å². The molecule has 0 fully saturated rings. The molecule has 0 saturated heterocycles. The van der Waals surface area contributed by atoms with Crippen LogP contribution in [0.5, 0.6) is 0 Å². The summed E-state index contributed by atoms with van der Waals surface area (Å²) in [5.41, 5.74) is 0.221. The molecule has 1 amide bonds. The van der Waals surface area contributed by atoms with Gasteiger partial charge in [-0.15, -0.1) is 11.3 Å². The van der Waals surface area contributed by atoms with E-state index in [0.29, 0.717) is 16.1 Å². The number of aromatic nitrogens is 2. The lowest BCUT2D eigenvalue weighted by atomic mass is 10.1. The summed E-state index contributed by atoms with van der Waals surface area (Å²) in [6.07, 6.45) is -1.37. The summed E-state index contributed by atoms with van der Waals surface area (Å²) in [4.78, 5) is 12.7. The number of anilines is 1. The number of halogens is 5. The molecule has 3 rings (SSSR count). The van der Waals surface area contributed by atoms with Gasteiger partial charge < -0.3 is 5.32 Å². The van der Waals surface area contributed by atoms with E-state index in [9.17, 15) is 18.0 Å². The number of nitrogens with one attached hydrogen (secondary N) is 1. The molecule has 0 radical (unpaired) electrons. The monoisotopic (exact) mass is 507 g/mol. The predicted octanol–water partition coefficient (Wildman–Crippen LogP) is 5.79. The molecule has 0 aliphatic rings. The fraction of sp³-hybridized carbons (Fsp3) is 0.125. The first-order chi connectivity index (χ1) is 12.2. The molecule has 3 aromatic rings. The zero-order valence-corrected chi connectivity index (χ0v) is 16.8. The van der Waals surface area contributed by atoms with Gasteiger partial charge in [-0.3, -0.25) is 9.48 Å². The van der Waals surface area contributed by atoms with Crippen LogP contribution in [0, 0.1) is 0 Å². The smallest absolute Gasteiger partial charge is 0.319 e. The normalized spacial score (nSPS) is 11.6. The highest BCUT2D eigenvalue weighted by atomic mass is 79.9. The molecule has 1 aromatic carbocycles. The molecular formula is C16H10Br2F3N3OS. The molecule has 10 heteroatoms. The van der Waals surface area contributed by atoms with E-state index < -0.39 is 11.7 Å². The Hall–Kier alpha value is -1.65. The summed E-state index contributed by atoms with van der Waals surface area (Å²) in [7, 11) is 0. The molecule has 0 unspecified atom stereocenters. The van der Waals surface area contributed by atoms with Crippen LogP contribution in [-0.2, 0) is 12.7 Å². The number of amides is 1. The second-order valence-electron chi connectivity index (χ2n) is 5.31. The van der Waals surface area contributed by atoms with Crippen LogP contribution < -0.4 is 5.32 Å². The van der Waals surface area contributed by atoms with Gasteiger partial charge in [0.05, 0.1) is 32.7 Å². The van der Waals surface area contributed by atoms with Gasteiger partial charge in [-0.25, -0.2) is 0 Å². The van der Waals surface area contributed by atoms with Crippen molar-refractivity contribution in [3.63, 3.8) is 0 Å². The Kier molecular flexibility index (Phi) is 5.54. The van der Waals surface area contributed by atoms with Crippen molar-refractivity contribution < 1.29 is 18.0 Å². The second kappa shape index (κ2) is 7.53. The van der Waals surface area contributed by atoms with Crippen molar-refractivity contribution >= 4 is 54.8 Å². The van der Waals surface area contributed by atoms with Gasteiger partial charge >= 0.3 is 6.18 Å². The third-order valence-corrected chi connectivity index (χ3v) is 6.61. The lowest BCUT2D eigenvalue weighted by molar-refractivity contribution is -0.137. The van der Waals surface area contributed by atoms with E-state index in [1.54, 1.807) is 18.3 Å². The van der Waals surface area contributed by atoms with Gasteiger partial charge in [-0.1, -0.05) is 12.1 Å². The minimum absolute atomic E-state index is 0.163. The van der Waals surface area contributed by atoms with Gasteiger partial charge in [0.2, 0.25) is 0 Å². The Morgan fingerprint density at radius 2 is 2.04 bits per heavy atom. The first-order valence-electron chi connectivity index (χ1n) is 7.17.